The van der Waals surface area contributed by atoms with Gasteiger partial charge in [0.25, 0.3) is 0 Å². The molecule has 76 valence electrons. The molecule has 4 heteroatoms. The van der Waals surface area contributed by atoms with Crippen molar-refractivity contribution in [3.8, 4) is 0 Å². The van der Waals surface area contributed by atoms with Crippen LogP contribution in [0.4, 0.5) is 0 Å². The molecule has 0 radical (unpaired) electrons. The summed E-state index contributed by atoms with van der Waals surface area (Å²) in [5.74, 6) is -0.810. The van der Waals surface area contributed by atoms with E-state index in [4.69, 9.17) is 5.11 Å². The molecule has 0 aromatic carbocycles. The van der Waals surface area contributed by atoms with Crippen molar-refractivity contribution >= 4 is 5.97 Å². The van der Waals surface area contributed by atoms with Crippen LogP contribution in [-0.2, 0) is 4.79 Å². The van der Waals surface area contributed by atoms with Gasteiger partial charge in [-0.2, -0.15) is 0 Å². The van der Waals surface area contributed by atoms with Crippen LogP contribution in [0.2, 0.25) is 0 Å². The summed E-state index contributed by atoms with van der Waals surface area (Å²) in [6, 6.07) is 0. The lowest BCUT2D eigenvalue weighted by molar-refractivity contribution is -0.142. The van der Waals surface area contributed by atoms with Gasteiger partial charge in [0.1, 0.15) is 0 Å². The summed E-state index contributed by atoms with van der Waals surface area (Å²) in [5, 5.41) is 8.87. The molecule has 1 rings (SSSR count). The average Bonchev–Trinajstić information content (AvgIpc) is 2.14. The second-order valence-electron chi connectivity index (χ2n) is 3.53. The maximum absolute atomic E-state index is 10.8. The van der Waals surface area contributed by atoms with Crippen LogP contribution in [-0.4, -0.2) is 24.2 Å². The topological polar surface area (TPSA) is 61.4 Å². The molecule has 1 saturated heterocycles. The first-order valence-electron chi connectivity index (χ1n) is 4.99. The van der Waals surface area contributed by atoms with Crippen LogP contribution in [0.25, 0.3) is 0 Å². The highest BCUT2D eigenvalue weighted by molar-refractivity contribution is 5.69. The van der Waals surface area contributed by atoms with E-state index in [1.54, 1.807) is 0 Å². The van der Waals surface area contributed by atoms with Crippen molar-refractivity contribution in [2.24, 2.45) is 5.92 Å². The molecule has 0 amide bonds. The van der Waals surface area contributed by atoms with Crippen LogP contribution in [0, 0.1) is 5.92 Å². The van der Waals surface area contributed by atoms with E-state index < -0.39 is 5.97 Å². The zero-order valence-electron chi connectivity index (χ0n) is 7.88. The summed E-state index contributed by atoms with van der Waals surface area (Å²) in [6.07, 6.45) is 4.84. The molecule has 0 aliphatic carbocycles. The monoisotopic (exact) mass is 186 g/mol. The maximum Gasteiger partial charge on any atom is 0.306 e. The first-order chi connectivity index (χ1) is 6.30. The molecule has 1 heterocycles. The van der Waals surface area contributed by atoms with Gasteiger partial charge >= 0.3 is 5.97 Å². The molecular formula is C9H18N2O2. The highest BCUT2D eigenvalue weighted by Gasteiger charge is 2.16. The van der Waals surface area contributed by atoms with E-state index in [-0.39, 0.29) is 5.92 Å². The van der Waals surface area contributed by atoms with Crippen LogP contribution >= 0.6 is 0 Å². The van der Waals surface area contributed by atoms with E-state index in [1.807, 2.05) is 0 Å². The van der Waals surface area contributed by atoms with Crippen molar-refractivity contribution in [2.75, 3.05) is 13.1 Å². The molecule has 13 heavy (non-hydrogen) atoms. The number of hydrogen-bond donors (Lipinski definition) is 3. The molecular weight excluding hydrogens is 168 g/mol. The van der Waals surface area contributed by atoms with Crippen LogP contribution < -0.4 is 10.9 Å². The third-order valence-electron chi connectivity index (χ3n) is 2.45. The van der Waals surface area contributed by atoms with Gasteiger partial charge in [-0.1, -0.05) is 12.8 Å². The summed E-state index contributed by atoms with van der Waals surface area (Å²) in [5.41, 5.74) is 6.10. The minimum Gasteiger partial charge on any atom is -0.481 e. The molecule has 4 nitrogen and oxygen atoms in total. The predicted octanol–water partition coefficient (Wildman–Crippen LogP) is 0.746. The predicted molar refractivity (Wildman–Crippen MR) is 50.2 cm³/mol. The smallest absolute Gasteiger partial charge is 0.306 e. The summed E-state index contributed by atoms with van der Waals surface area (Å²) in [4.78, 5) is 10.8. The van der Waals surface area contributed by atoms with Gasteiger partial charge in [-0.05, 0) is 19.3 Å². The lowest BCUT2D eigenvalue weighted by Crippen LogP contribution is -2.35. The Labute approximate surface area is 78.7 Å². The van der Waals surface area contributed by atoms with Crippen molar-refractivity contribution in [2.45, 2.75) is 32.1 Å². The largest absolute Gasteiger partial charge is 0.481 e. The Hall–Kier alpha value is -0.610. The van der Waals surface area contributed by atoms with Gasteiger partial charge in [0.05, 0.1) is 5.92 Å². The summed E-state index contributed by atoms with van der Waals surface area (Å²) < 4.78 is 0. The number of nitrogens with one attached hydrogen (secondary N) is 2. The highest BCUT2D eigenvalue weighted by Crippen LogP contribution is 2.14. The van der Waals surface area contributed by atoms with Crippen LogP contribution in [0.15, 0.2) is 0 Å². The van der Waals surface area contributed by atoms with Gasteiger partial charge in [-0.15, -0.1) is 0 Å². The van der Waals surface area contributed by atoms with E-state index in [2.05, 4.69) is 10.9 Å². The van der Waals surface area contributed by atoms with Gasteiger partial charge in [-0.25, -0.2) is 0 Å². The van der Waals surface area contributed by atoms with E-state index in [1.165, 1.54) is 0 Å². The standard InChI is InChI=1S/C9H18N2O2/c12-9(13)8-4-2-1-3-6-10-11-7-5-8/h8,10-11H,1-7H2,(H,12,13). The Bertz CT molecular complexity index is 152. The molecule has 0 aromatic heterocycles. The second kappa shape index (κ2) is 5.94. The number of carboxylic acids is 1. The summed E-state index contributed by atoms with van der Waals surface area (Å²) in [6.45, 7) is 1.73. The van der Waals surface area contributed by atoms with Gasteiger partial charge in [0.2, 0.25) is 0 Å². The summed E-state index contributed by atoms with van der Waals surface area (Å²) >= 11 is 0. The number of aliphatic carboxylic acids is 1. The van der Waals surface area contributed by atoms with Gasteiger partial charge < -0.3 is 5.11 Å². The lowest BCUT2D eigenvalue weighted by atomic mass is 9.98. The fourth-order valence-corrected chi connectivity index (χ4v) is 1.60. The molecule has 0 saturated carbocycles. The van der Waals surface area contributed by atoms with Gasteiger partial charge in [0, 0.05) is 13.1 Å². The quantitative estimate of drug-likeness (QED) is 0.565. The number of carboxylic acid groups (broad SMARTS) is 1. The Morgan fingerprint density at radius 3 is 2.62 bits per heavy atom. The Kier molecular flexibility index (Phi) is 4.78. The minimum absolute atomic E-state index is 0.160. The Morgan fingerprint density at radius 2 is 1.85 bits per heavy atom. The van der Waals surface area contributed by atoms with Crippen molar-refractivity contribution in [1.82, 2.24) is 10.9 Å². The van der Waals surface area contributed by atoms with Crippen molar-refractivity contribution in [3.63, 3.8) is 0 Å². The van der Waals surface area contributed by atoms with E-state index in [0.29, 0.717) is 0 Å². The van der Waals surface area contributed by atoms with Crippen LogP contribution in [0.3, 0.4) is 0 Å². The Morgan fingerprint density at radius 1 is 1.08 bits per heavy atom. The number of hydrogen-bond acceptors (Lipinski definition) is 3. The van der Waals surface area contributed by atoms with Crippen LogP contribution in [0.1, 0.15) is 32.1 Å². The third-order valence-corrected chi connectivity index (χ3v) is 2.45. The van der Waals surface area contributed by atoms with Crippen molar-refractivity contribution < 1.29 is 9.90 Å². The van der Waals surface area contributed by atoms with Gasteiger partial charge in [0.15, 0.2) is 0 Å². The number of carbonyl (C=O) groups is 1. The fourth-order valence-electron chi connectivity index (χ4n) is 1.60. The van der Waals surface area contributed by atoms with E-state index in [9.17, 15) is 4.79 Å². The second-order valence-corrected chi connectivity index (χ2v) is 3.53. The zero-order chi connectivity index (χ0) is 9.52. The molecule has 1 atom stereocenters. The van der Waals surface area contributed by atoms with Gasteiger partial charge in [-0.3, -0.25) is 15.6 Å². The first kappa shape index (κ1) is 10.5. The molecule has 0 spiro atoms. The van der Waals surface area contributed by atoms with E-state index in [0.717, 1.165) is 45.2 Å². The average molecular weight is 186 g/mol. The molecule has 1 aliphatic heterocycles. The normalized spacial score (nSPS) is 26.6. The Balaban J connectivity index is 2.30. The molecule has 1 unspecified atom stereocenters. The van der Waals surface area contributed by atoms with Crippen LogP contribution in [0.5, 0.6) is 0 Å². The number of rotatable bonds is 1. The molecule has 1 fully saturated rings. The molecule has 1 aliphatic rings. The maximum atomic E-state index is 10.8. The zero-order valence-corrected chi connectivity index (χ0v) is 7.88. The minimum atomic E-state index is -0.651. The summed E-state index contributed by atoms with van der Waals surface area (Å²) in [7, 11) is 0. The van der Waals surface area contributed by atoms with Crippen molar-refractivity contribution in [3.05, 3.63) is 0 Å². The van der Waals surface area contributed by atoms with E-state index >= 15 is 0 Å². The van der Waals surface area contributed by atoms with Crippen molar-refractivity contribution in [1.29, 1.82) is 0 Å². The molecule has 3 N–H and O–H groups in total. The third kappa shape index (κ3) is 4.24. The lowest BCUT2D eigenvalue weighted by Gasteiger charge is -2.15. The number of hydrazine groups is 1. The SMILES string of the molecule is O=C(O)C1CCCCCNNCC1. The molecule has 0 bridgehead atoms. The fraction of sp³-hybridized carbons (Fsp3) is 0.889. The highest BCUT2D eigenvalue weighted by atomic mass is 16.4. The molecule has 0 aromatic rings. The first-order valence-corrected chi connectivity index (χ1v) is 4.99.